The number of nitrogens with zero attached hydrogens (tertiary/aromatic N) is 3. The molecule has 6 nitrogen and oxygen atoms in total. The lowest BCUT2D eigenvalue weighted by Gasteiger charge is -2.07. The molecule has 0 bridgehead atoms. The Morgan fingerprint density at radius 1 is 1.31 bits per heavy atom. The molecule has 1 aliphatic heterocycles. The van der Waals surface area contributed by atoms with Crippen molar-refractivity contribution in [3.63, 3.8) is 0 Å². The van der Waals surface area contributed by atoms with Crippen molar-refractivity contribution in [2.45, 2.75) is 20.3 Å². The zero-order chi connectivity index (χ0) is 18.7. The Kier molecular flexibility index (Phi) is 5.14. The largest absolute Gasteiger partial charge is 0.373 e. The van der Waals surface area contributed by atoms with Gasteiger partial charge >= 0.3 is 0 Å². The van der Waals surface area contributed by atoms with Crippen LogP contribution >= 0.6 is 0 Å². The van der Waals surface area contributed by atoms with Crippen LogP contribution in [-0.4, -0.2) is 28.9 Å². The van der Waals surface area contributed by atoms with Gasteiger partial charge in [-0.05, 0) is 31.6 Å². The second kappa shape index (κ2) is 7.49. The summed E-state index contributed by atoms with van der Waals surface area (Å²) in [5.41, 5.74) is 12.2. The normalized spacial score (nSPS) is 16.3. The SMILES string of the molecule is C=C1/C(=C\C(=C/CC)c2nn(-c3ccccc3)c(NC)c2C)NNN1C. The monoisotopic (exact) mass is 350 g/mol. The van der Waals surface area contributed by atoms with E-state index in [-0.39, 0.29) is 0 Å². The van der Waals surface area contributed by atoms with Gasteiger partial charge in [0.05, 0.1) is 22.8 Å². The summed E-state index contributed by atoms with van der Waals surface area (Å²) >= 11 is 0. The van der Waals surface area contributed by atoms with E-state index in [1.165, 1.54) is 0 Å². The molecule has 2 heterocycles. The van der Waals surface area contributed by atoms with E-state index < -0.39 is 0 Å². The molecule has 2 aromatic rings. The second-order valence-electron chi connectivity index (χ2n) is 6.19. The minimum absolute atomic E-state index is 0.890. The van der Waals surface area contributed by atoms with Crippen molar-refractivity contribution >= 4 is 11.4 Å². The maximum atomic E-state index is 4.91. The van der Waals surface area contributed by atoms with Gasteiger partial charge in [0.2, 0.25) is 0 Å². The highest BCUT2D eigenvalue weighted by molar-refractivity contribution is 5.78. The molecule has 1 fully saturated rings. The number of hydrogen-bond acceptors (Lipinski definition) is 5. The molecular formula is C20H26N6. The van der Waals surface area contributed by atoms with Gasteiger partial charge in [0.25, 0.3) is 0 Å². The number of likely N-dealkylation sites (N-methyl/N-ethyl adjacent to an activating group) is 1. The number of nitrogens with one attached hydrogen (secondary N) is 3. The fraction of sp³-hybridized carbons (Fsp3) is 0.250. The van der Waals surface area contributed by atoms with E-state index >= 15 is 0 Å². The Bertz CT molecular complexity index is 860. The fourth-order valence-electron chi connectivity index (χ4n) is 3.00. The van der Waals surface area contributed by atoms with Gasteiger partial charge in [-0.3, -0.25) is 5.01 Å². The number of allylic oxidation sites excluding steroid dienone is 3. The summed E-state index contributed by atoms with van der Waals surface area (Å²) in [6.45, 7) is 8.32. The topological polar surface area (TPSA) is 57.2 Å². The lowest BCUT2D eigenvalue weighted by molar-refractivity contribution is 0.327. The summed E-state index contributed by atoms with van der Waals surface area (Å²) in [6.07, 6.45) is 5.19. The highest BCUT2D eigenvalue weighted by atomic mass is 15.7. The van der Waals surface area contributed by atoms with Crippen LogP contribution in [0.1, 0.15) is 24.6 Å². The summed E-state index contributed by atoms with van der Waals surface area (Å²) in [4.78, 5) is 0. The predicted octanol–water partition coefficient (Wildman–Crippen LogP) is 3.37. The molecule has 1 aromatic carbocycles. The number of hydrazine groups is 2. The lowest BCUT2D eigenvalue weighted by atomic mass is 10.1. The van der Waals surface area contributed by atoms with Gasteiger partial charge in [-0.2, -0.15) is 5.10 Å². The summed E-state index contributed by atoms with van der Waals surface area (Å²) in [5.74, 6) is 0.986. The van der Waals surface area contributed by atoms with E-state index in [1.807, 2.05) is 42.0 Å². The van der Waals surface area contributed by atoms with Crippen LogP contribution in [0.4, 0.5) is 5.82 Å². The van der Waals surface area contributed by atoms with Gasteiger partial charge in [0.1, 0.15) is 5.82 Å². The van der Waals surface area contributed by atoms with Crippen molar-refractivity contribution in [2.24, 2.45) is 0 Å². The summed E-state index contributed by atoms with van der Waals surface area (Å²) < 4.78 is 1.95. The molecule has 0 atom stereocenters. The van der Waals surface area contributed by atoms with Crippen LogP contribution in [0, 0.1) is 6.92 Å². The average Bonchev–Trinajstić information content (AvgIpc) is 3.15. The fourth-order valence-corrected chi connectivity index (χ4v) is 3.00. The first kappa shape index (κ1) is 17.8. The molecule has 26 heavy (non-hydrogen) atoms. The van der Waals surface area contributed by atoms with Crippen molar-refractivity contribution in [3.05, 3.63) is 71.7 Å². The van der Waals surface area contributed by atoms with Crippen LogP contribution in [0.2, 0.25) is 0 Å². The molecule has 136 valence electrons. The molecule has 0 aliphatic carbocycles. The molecule has 1 saturated heterocycles. The Hall–Kier alpha value is -2.99. The number of hydrogen-bond donors (Lipinski definition) is 3. The van der Waals surface area contributed by atoms with Crippen LogP contribution in [0.3, 0.4) is 0 Å². The molecule has 6 heteroatoms. The van der Waals surface area contributed by atoms with E-state index in [1.54, 1.807) is 0 Å². The number of benzene rings is 1. The van der Waals surface area contributed by atoms with Crippen LogP contribution < -0.4 is 16.3 Å². The van der Waals surface area contributed by atoms with E-state index in [9.17, 15) is 0 Å². The molecule has 3 rings (SSSR count). The second-order valence-corrected chi connectivity index (χ2v) is 6.19. The van der Waals surface area contributed by atoms with E-state index in [0.29, 0.717) is 0 Å². The summed E-state index contributed by atoms with van der Waals surface area (Å²) in [7, 11) is 3.85. The van der Waals surface area contributed by atoms with Crippen LogP contribution in [0.25, 0.3) is 11.3 Å². The maximum absolute atomic E-state index is 4.91. The average molecular weight is 350 g/mol. The van der Waals surface area contributed by atoms with Crippen molar-refractivity contribution in [1.29, 1.82) is 0 Å². The minimum Gasteiger partial charge on any atom is -0.373 e. The van der Waals surface area contributed by atoms with E-state index in [0.717, 1.165) is 46.2 Å². The van der Waals surface area contributed by atoms with Crippen molar-refractivity contribution in [1.82, 2.24) is 25.7 Å². The standard InChI is InChI=1S/C20H26N6/c1-6-10-16(13-18-15(3)25(5)24-22-18)19-14(2)20(21-4)26(23-19)17-11-8-7-9-12-17/h7-13,21-22,24H,3,6H2,1-2,4-5H3/b16-10+,18-13+. The first-order chi connectivity index (χ1) is 12.6. The lowest BCUT2D eigenvalue weighted by Crippen LogP contribution is -2.31. The van der Waals surface area contributed by atoms with Crippen molar-refractivity contribution < 1.29 is 0 Å². The maximum Gasteiger partial charge on any atom is 0.133 e. The smallest absolute Gasteiger partial charge is 0.133 e. The Balaban J connectivity index is 2.09. The van der Waals surface area contributed by atoms with Gasteiger partial charge < -0.3 is 10.7 Å². The van der Waals surface area contributed by atoms with Gasteiger partial charge in [-0.15, -0.1) is 5.53 Å². The van der Waals surface area contributed by atoms with Gasteiger partial charge in [0.15, 0.2) is 0 Å². The predicted molar refractivity (Wildman–Crippen MR) is 107 cm³/mol. The molecule has 0 radical (unpaired) electrons. The molecule has 0 unspecified atom stereocenters. The third-order valence-corrected chi connectivity index (χ3v) is 4.43. The van der Waals surface area contributed by atoms with Crippen LogP contribution in [0.15, 0.2) is 60.5 Å². The van der Waals surface area contributed by atoms with Gasteiger partial charge in [0, 0.05) is 25.2 Å². The van der Waals surface area contributed by atoms with Crippen LogP contribution in [-0.2, 0) is 0 Å². The van der Waals surface area contributed by atoms with Gasteiger partial charge in [-0.25, -0.2) is 4.68 Å². The third kappa shape index (κ3) is 3.23. The number of aromatic nitrogens is 2. The Labute approximate surface area is 154 Å². The molecular weight excluding hydrogens is 324 g/mol. The van der Waals surface area contributed by atoms with Crippen LogP contribution in [0.5, 0.6) is 0 Å². The number of rotatable bonds is 5. The van der Waals surface area contributed by atoms with Crippen molar-refractivity contribution in [3.8, 4) is 5.69 Å². The first-order valence-electron chi connectivity index (χ1n) is 8.76. The van der Waals surface area contributed by atoms with E-state index in [2.05, 4.69) is 61.0 Å². The zero-order valence-electron chi connectivity index (χ0n) is 15.8. The molecule has 1 aliphatic rings. The first-order valence-corrected chi connectivity index (χ1v) is 8.76. The molecule has 0 amide bonds. The zero-order valence-corrected chi connectivity index (χ0v) is 15.8. The number of para-hydroxylation sites is 1. The minimum atomic E-state index is 0.890. The summed E-state index contributed by atoms with van der Waals surface area (Å²) in [5, 5.41) is 10.0. The third-order valence-electron chi connectivity index (χ3n) is 4.43. The summed E-state index contributed by atoms with van der Waals surface area (Å²) in [6, 6.07) is 10.2. The number of anilines is 1. The highest BCUT2D eigenvalue weighted by Gasteiger charge is 2.20. The Morgan fingerprint density at radius 3 is 2.62 bits per heavy atom. The Morgan fingerprint density at radius 2 is 2.04 bits per heavy atom. The molecule has 1 aromatic heterocycles. The molecule has 0 saturated carbocycles. The van der Waals surface area contributed by atoms with E-state index in [4.69, 9.17) is 5.10 Å². The van der Waals surface area contributed by atoms with Gasteiger partial charge in [-0.1, -0.05) is 37.8 Å². The molecule has 0 spiro atoms. The quantitative estimate of drug-likeness (QED) is 0.772. The highest BCUT2D eigenvalue weighted by Crippen LogP contribution is 2.29. The van der Waals surface area contributed by atoms with Crippen molar-refractivity contribution in [2.75, 3.05) is 19.4 Å². The molecule has 3 N–H and O–H groups in total.